The van der Waals surface area contributed by atoms with Crippen LogP contribution in [0.3, 0.4) is 0 Å². The first-order valence-electron chi connectivity index (χ1n) is 5.89. The molecule has 0 saturated carbocycles. The van der Waals surface area contributed by atoms with Crippen molar-refractivity contribution in [2.24, 2.45) is 0 Å². The normalized spacial score (nSPS) is 15.2. The summed E-state index contributed by atoms with van der Waals surface area (Å²) in [4.78, 5) is 11.3. The van der Waals surface area contributed by atoms with E-state index in [1.807, 2.05) is 32.0 Å². The SMILES string of the molecule is CCC(=O)NC(C)c1ccc2c(c1)OCCO2. The molecule has 1 aromatic rings. The molecule has 0 aromatic heterocycles. The number of nitrogens with one attached hydrogen (secondary N) is 1. The van der Waals surface area contributed by atoms with Crippen LogP contribution in [0.5, 0.6) is 11.5 Å². The topological polar surface area (TPSA) is 47.6 Å². The van der Waals surface area contributed by atoms with E-state index >= 15 is 0 Å². The Hall–Kier alpha value is -1.71. The summed E-state index contributed by atoms with van der Waals surface area (Å²) in [6.45, 7) is 4.96. The molecule has 4 nitrogen and oxygen atoms in total. The van der Waals surface area contributed by atoms with E-state index in [0.29, 0.717) is 19.6 Å². The van der Waals surface area contributed by atoms with Crippen molar-refractivity contribution in [2.75, 3.05) is 13.2 Å². The minimum atomic E-state index is -0.0155. The lowest BCUT2D eigenvalue weighted by Crippen LogP contribution is -2.25. The van der Waals surface area contributed by atoms with Crippen molar-refractivity contribution in [2.45, 2.75) is 26.3 Å². The molecule has 2 rings (SSSR count). The zero-order valence-electron chi connectivity index (χ0n) is 10.2. The van der Waals surface area contributed by atoms with Gasteiger partial charge >= 0.3 is 0 Å². The fourth-order valence-electron chi connectivity index (χ4n) is 1.76. The molecule has 92 valence electrons. The van der Waals surface area contributed by atoms with Gasteiger partial charge in [-0.3, -0.25) is 4.79 Å². The fourth-order valence-corrected chi connectivity index (χ4v) is 1.76. The molecule has 4 heteroatoms. The van der Waals surface area contributed by atoms with Gasteiger partial charge in [0.05, 0.1) is 6.04 Å². The van der Waals surface area contributed by atoms with Crippen LogP contribution in [0.4, 0.5) is 0 Å². The molecule has 1 amide bonds. The van der Waals surface area contributed by atoms with Crippen LogP contribution in [-0.2, 0) is 4.79 Å². The maximum atomic E-state index is 11.3. The van der Waals surface area contributed by atoms with Gasteiger partial charge in [-0.25, -0.2) is 0 Å². The van der Waals surface area contributed by atoms with Gasteiger partial charge in [-0.15, -0.1) is 0 Å². The van der Waals surface area contributed by atoms with Gasteiger partial charge in [-0.2, -0.15) is 0 Å². The second-order valence-corrected chi connectivity index (χ2v) is 4.05. The summed E-state index contributed by atoms with van der Waals surface area (Å²) < 4.78 is 11.0. The number of carbonyl (C=O) groups is 1. The van der Waals surface area contributed by atoms with Crippen molar-refractivity contribution in [3.8, 4) is 11.5 Å². The highest BCUT2D eigenvalue weighted by atomic mass is 16.6. The van der Waals surface area contributed by atoms with Gasteiger partial charge in [-0.1, -0.05) is 13.0 Å². The summed E-state index contributed by atoms with van der Waals surface area (Å²) in [6, 6.07) is 5.75. The minimum Gasteiger partial charge on any atom is -0.486 e. The molecular weight excluding hydrogens is 218 g/mol. The first-order chi connectivity index (χ1) is 8.20. The molecule has 1 aliphatic rings. The van der Waals surface area contributed by atoms with E-state index in [-0.39, 0.29) is 11.9 Å². The van der Waals surface area contributed by atoms with Crippen LogP contribution in [-0.4, -0.2) is 19.1 Å². The molecule has 1 heterocycles. The predicted octanol–water partition coefficient (Wildman–Crippen LogP) is 2.04. The van der Waals surface area contributed by atoms with Crippen molar-refractivity contribution in [1.82, 2.24) is 5.32 Å². The van der Waals surface area contributed by atoms with E-state index in [0.717, 1.165) is 17.1 Å². The Kier molecular flexibility index (Phi) is 3.52. The number of carbonyl (C=O) groups excluding carboxylic acids is 1. The lowest BCUT2D eigenvalue weighted by atomic mass is 10.1. The lowest BCUT2D eigenvalue weighted by molar-refractivity contribution is -0.121. The summed E-state index contributed by atoms with van der Waals surface area (Å²) >= 11 is 0. The molecule has 0 aliphatic carbocycles. The van der Waals surface area contributed by atoms with Gasteiger partial charge < -0.3 is 14.8 Å². The maximum absolute atomic E-state index is 11.3. The van der Waals surface area contributed by atoms with Crippen LogP contribution < -0.4 is 14.8 Å². The second kappa shape index (κ2) is 5.08. The minimum absolute atomic E-state index is 0.0155. The summed E-state index contributed by atoms with van der Waals surface area (Å²) in [5.74, 6) is 1.58. The summed E-state index contributed by atoms with van der Waals surface area (Å²) in [5, 5.41) is 2.92. The molecular formula is C13H17NO3. The highest BCUT2D eigenvalue weighted by molar-refractivity contribution is 5.76. The zero-order chi connectivity index (χ0) is 12.3. The largest absolute Gasteiger partial charge is 0.486 e. The van der Waals surface area contributed by atoms with E-state index < -0.39 is 0 Å². The van der Waals surface area contributed by atoms with Crippen LogP contribution in [0.2, 0.25) is 0 Å². The number of rotatable bonds is 3. The molecule has 1 aromatic carbocycles. The Labute approximate surface area is 101 Å². The summed E-state index contributed by atoms with van der Waals surface area (Å²) in [7, 11) is 0. The van der Waals surface area contributed by atoms with E-state index in [1.54, 1.807) is 0 Å². The van der Waals surface area contributed by atoms with Crippen molar-refractivity contribution in [1.29, 1.82) is 0 Å². The average molecular weight is 235 g/mol. The lowest BCUT2D eigenvalue weighted by Gasteiger charge is -2.21. The smallest absolute Gasteiger partial charge is 0.220 e. The molecule has 1 atom stereocenters. The fraction of sp³-hybridized carbons (Fsp3) is 0.462. The molecule has 1 N–H and O–H groups in total. The Balaban J connectivity index is 2.13. The van der Waals surface area contributed by atoms with E-state index in [4.69, 9.17) is 9.47 Å². The molecule has 0 fully saturated rings. The highest BCUT2D eigenvalue weighted by Crippen LogP contribution is 2.32. The number of amides is 1. The average Bonchev–Trinajstić information content (AvgIpc) is 2.38. The second-order valence-electron chi connectivity index (χ2n) is 4.05. The van der Waals surface area contributed by atoms with Gasteiger partial charge in [0.15, 0.2) is 11.5 Å². The van der Waals surface area contributed by atoms with Gasteiger partial charge in [0.1, 0.15) is 13.2 Å². The van der Waals surface area contributed by atoms with E-state index in [1.165, 1.54) is 0 Å². The highest BCUT2D eigenvalue weighted by Gasteiger charge is 2.15. The maximum Gasteiger partial charge on any atom is 0.220 e. The van der Waals surface area contributed by atoms with Crippen molar-refractivity contribution in [3.05, 3.63) is 23.8 Å². The molecule has 0 saturated heterocycles. The Morgan fingerprint density at radius 2 is 2.06 bits per heavy atom. The standard InChI is InChI=1S/C13H17NO3/c1-3-13(15)14-9(2)10-4-5-11-12(8-10)17-7-6-16-11/h4-5,8-9H,3,6-7H2,1-2H3,(H,14,15). The summed E-state index contributed by atoms with van der Waals surface area (Å²) in [6.07, 6.45) is 0.495. The molecule has 1 unspecified atom stereocenters. The third kappa shape index (κ3) is 2.70. The van der Waals surface area contributed by atoms with Gasteiger partial charge in [0, 0.05) is 6.42 Å². The van der Waals surface area contributed by atoms with E-state index in [9.17, 15) is 4.79 Å². The number of ether oxygens (including phenoxy) is 2. The van der Waals surface area contributed by atoms with Crippen molar-refractivity contribution >= 4 is 5.91 Å². The van der Waals surface area contributed by atoms with E-state index in [2.05, 4.69) is 5.32 Å². The molecule has 17 heavy (non-hydrogen) atoms. The molecule has 0 spiro atoms. The predicted molar refractivity (Wildman–Crippen MR) is 64.3 cm³/mol. The van der Waals surface area contributed by atoms with Gasteiger partial charge in [0.25, 0.3) is 0 Å². The number of hydrogen-bond acceptors (Lipinski definition) is 3. The van der Waals surface area contributed by atoms with Gasteiger partial charge in [-0.05, 0) is 24.6 Å². The zero-order valence-corrected chi connectivity index (χ0v) is 10.2. The van der Waals surface area contributed by atoms with Crippen LogP contribution in [0, 0.1) is 0 Å². The molecule has 0 bridgehead atoms. The quantitative estimate of drug-likeness (QED) is 0.872. The Morgan fingerprint density at radius 1 is 1.35 bits per heavy atom. The number of fused-ring (bicyclic) bond motifs is 1. The van der Waals surface area contributed by atoms with Gasteiger partial charge in [0.2, 0.25) is 5.91 Å². The number of benzene rings is 1. The van der Waals surface area contributed by atoms with Crippen LogP contribution >= 0.6 is 0 Å². The Morgan fingerprint density at radius 3 is 2.76 bits per heavy atom. The number of hydrogen-bond donors (Lipinski definition) is 1. The van der Waals surface area contributed by atoms with Crippen molar-refractivity contribution < 1.29 is 14.3 Å². The summed E-state index contributed by atoms with van der Waals surface area (Å²) in [5.41, 5.74) is 1.02. The third-order valence-electron chi connectivity index (χ3n) is 2.76. The molecule has 0 radical (unpaired) electrons. The first-order valence-corrected chi connectivity index (χ1v) is 5.89. The van der Waals surface area contributed by atoms with Crippen molar-refractivity contribution in [3.63, 3.8) is 0 Å². The first kappa shape index (κ1) is 11.8. The molecule has 1 aliphatic heterocycles. The Bertz CT molecular complexity index is 417. The van der Waals surface area contributed by atoms with Crippen LogP contribution in [0.25, 0.3) is 0 Å². The monoisotopic (exact) mass is 235 g/mol. The van der Waals surface area contributed by atoms with Crippen LogP contribution in [0.1, 0.15) is 31.9 Å². The van der Waals surface area contributed by atoms with Crippen LogP contribution in [0.15, 0.2) is 18.2 Å². The third-order valence-corrected chi connectivity index (χ3v) is 2.76.